The topological polar surface area (TPSA) is 55.6 Å². The first-order chi connectivity index (χ1) is 9.81. The number of hydrogen-bond acceptors (Lipinski definition) is 3. The van der Waals surface area contributed by atoms with Crippen LogP contribution >= 0.6 is 0 Å². The Morgan fingerprint density at radius 3 is 2.52 bits per heavy atom. The molecular formula is C17H26N2O2. The number of hydrogen-bond donors (Lipinski definition) is 1. The standard InChI is InChI=1S/C17H26N2O2/c1-5-12-21-15-8-6-14(7-9-15)13-19(4)16(20)10-11-17(2,3)18/h5-9H,1,10-13,18H2,2-4H3. The molecule has 4 nitrogen and oxygen atoms in total. The largest absolute Gasteiger partial charge is 0.490 e. The minimum atomic E-state index is -0.305. The van der Waals surface area contributed by atoms with Gasteiger partial charge in [-0.1, -0.05) is 24.8 Å². The van der Waals surface area contributed by atoms with E-state index < -0.39 is 0 Å². The van der Waals surface area contributed by atoms with Crippen LogP contribution in [0.25, 0.3) is 0 Å². The van der Waals surface area contributed by atoms with Crippen LogP contribution in [0, 0.1) is 0 Å². The van der Waals surface area contributed by atoms with Crippen molar-refractivity contribution in [2.24, 2.45) is 5.73 Å². The lowest BCUT2D eigenvalue weighted by Crippen LogP contribution is -2.34. The molecule has 0 saturated heterocycles. The lowest BCUT2D eigenvalue weighted by atomic mass is 10.00. The summed E-state index contributed by atoms with van der Waals surface area (Å²) in [5, 5.41) is 0. The van der Waals surface area contributed by atoms with Crippen LogP contribution in [-0.2, 0) is 11.3 Å². The average molecular weight is 290 g/mol. The van der Waals surface area contributed by atoms with Crippen molar-refractivity contribution in [1.82, 2.24) is 4.90 Å². The Hall–Kier alpha value is -1.81. The molecule has 0 heterocycles. The maximum Gasteiger partial charge on any atom is 0.222 e. The van der Waals surface area contributed by atoms with Crippen molar-refractivity contribution >= 4 is 5.91 Å². The number of amides is 1. The number of rotatable bonds is 8. The second-order valence-electron chi connectivity index (χ2n) is 5.98. The molecule has 0 saturated carbocycles. The van der Waals surface area contributed by atoms with Crippen LogP contribution in [0.3, 0.4) is 0 Å². The zero-order valence-corrected chi connectivity index (χ0v) is 13.3. The van der Waals surface area contributed by atoms with Gasteiger partial charge in [-0.2, -0.15) is 0 Å². The summed E-state index contributed by atoms with van der Waals surface area (Å²) >= 11 is 0. The number of nitrogens with zero attached hydrogens (tertiary/aromatic N) is 1. The molecule has 2 N–H and O–H groups in total. The molecular weight excluding hydrogens is 264 g/mol. The van der Waals surface area contributed by atoms with Crippen molar-refractivity contribution in [3.63, 3.8) is 0 Å². The van der Waals surface area contributed by atoms with Crippen molar-refractivity contribution in [2.75, 3.05) is 13.7 Å². The molecule has 0 aromatic heterocycles. The number of carbonyl (C=O) groups is 1. The molecule has 0 spiro atoms. The van der Waals surface area contributed by atoms with E-state index in [0.29, 0.717) is 26.0 Å². The van der Waals surface area contributed by atoms with Gasteiger partial charge in [0, 0.05) is 25.6 Å². The van der Waals surface area contributed by atoms with Gasteiger partial charge in [0.25, 0.3) is 0 Å². The van der Waals surface area contributed by atoms with Crippen LogP contribution in [0.5, 0.6) is 5.75 Å². The van der Waals surface area contributed by atoms with E-state index in [1.54, 1.807) is 11.0 Å². The van der Waals surface area contributed by atoms with Crippen LogP contribution in [0.4, 0.5) is 0 Å². The normalized spacial score (nSPS) is 11.0. The van der Waals surface area contributed by atoms with Crippen molar-refractivity contribution in [1.29, 1.82) is 0 Å². The highest BCUT2D eigenvalue weighted by Gasteiger charge is 2.15. The third kappa shape index (κ3) is 6.95. The summed E-state index contributed by atoms with van der Waals surface area (Å²) < 4.78 is 5.43. The lowest BCUT2D eigenvalue weighted by molar-refractivity contribution is -0.130. The van der Waals surface area contributed by atoms with E-state index in [-0.39, 0.29) is 11.4 Å². The maximum atomic E-state index is 12.0. The van der Waals surface area contributed by atoms with Crippen molar-refractivity contribution in [2.45, 2.75) is 38.8 Å². The fourth-order valence-electron chi connectivity index (χ4n) is 1.83. The van der Waals surface area contributed by atoms with Crippen LogP contribution in [0.15, 0.2) is 36.9 Å². The van der Waals surface area contributed by atoms with Gasteiger partial charge in [0.1, 0.15) is 12.4 Å². The summed E-state index contributed by atoms with van der Waals surface area (Å²) in [6.07, 6.45) is 2.87. The molecule has 0 atom stereocenters. The van der Waals surface area contributed by atoms with Gasteiger partial charge in [-0.15, -0.1) is 0 Å². The van der Waals surface area contributed by atoms with Gasteiger partial charge in [0.15, 0.2) is 0 Å². The molecule has 4 heteroatoms. The van der Waals surface area contributed by atoms with Gasteiger partial charge in [0.05, 0.1) is 0 Å². The molecule has 0 aliphatic carbocycles. The Labute approximate surface area is 127 Å². The van der Waals surface area contributed by atoms with Gasteiger partial charge >= 0.3 is 0 Å². The van der Waals surface area contributed by atoms with E-state index in [0.717, 1.165) is 11.3 Å². The fourth-order valence-corrected chi connectivity index (χ4v) is 1.83. The Bertz CT molecular complexity index is 461. The van der Waals surface area contributed by atoms with Gasteiger partial charge in [-0.3, -0.25) is 4.79 Å². The molecule has 1 rings (SSSR count). The van der Waals surface area contributed by atoms with Crippen molar-refractivity contribution in [3.05, 3.63) is 42.5 Å². The molecule has 21 heavy (non-hydrogen) atoms. The first-order valence-electron chi connectivity index (χ1n) is 7.17. The van der Waals surface area contributed by atoms with Crippen LogP contribution in [0.2, 0.25) is 0 Å². The van der Waals surface area contributed by atoms with E-state index in [4.69, 9.17) is 10.5 Å². The summed E-state index contributed by atoms with van der Waals surface area (Å²) in [5.41, 5.74) is 6.67. The van der Waals surface area contributed by atoms with Crippen LogP contribution in [-0.4, -0.2) is 30.0 Å². The number of benzene rings is 1. The van der Waals surface area contributed by atoms with Gasteiger partial charge in [-0.05, 0) is 38.0 Å². The molecule has 0 unspecified atom stereocenters. The van der Waals surface area contributed by atoms with E-state index in [1.807, 2.05) is 45.2 Å². The molecule has 0 aliphatic heterocycles. The van der Waals surface area contributed by atoms with Gasteiger partial charge in [0.2, 0.25) is 5.91 Å². The minimum absolute atomic E-state index is 0.112. The smallest absolute Gasteiger partial charge is 0.222 e. The average Bonchev–Trinajstić information content (AvgIpc) is 2.43. The number of nitrogens with two attached hydrogens (primary N) is 1. The predicted octanol–water partition coefficient (Wildman–Crippen LogP) is 2.73. The van der Waals surface area contributed by atoms with E-state index in [2.05, 4.69) is 6.58 Å². The highest BCUT2D eigenvalue weighted by atomic mass is 16.5. The second kappa shape index (κ2) is 7.84. The Kier molecular flexibility index (Phi) is 6.43. The Balaban J connectivity index is 2.48. The zero-order valence-electron chi connectivity index (χ0n) is 13.3. The molecule has 1 aromatic carbocycles. The second-order valence-corrected chi connectivity index (χ2v) is 5.98. The monoisotopic (exact) mass is 290 g/mol. The van der Waals surface area contributed by atoms with Crippen LogP contribution < -0.4 is 10.5 Å². The maximum absolute atomic E-state index is 12.0. The zero-order chi connectivity index (χ0) is 15.9. The summed E-state index contributed by atoms with van der Waals surface area (Å²) in [6.45, 7) is 8.56. The van der Waals surface area contributed by atoms with E-state index in [9.17, 15) is 4.79 Å². The van der Waals surface area contributed by atoms with Crippen LogP contribution in [0.1, 0.15) is 32.3 Å². The van der Waals surface area contributed by atoms with Crippen molar-refractivity contribution < 1.29 is 9.53 Å². The minimum Gasteiger partial charge on any atom is -0.490 e. The van der Waals surface area contributed by atoms with E-state index >= 15 is 0 Å². The highest BCUT2D eigenvalue weighted by Crippen LogP contribution is 2.14. The third-order valence-electron chi connectivity index (χ3n) is 3.12. The molecule has 116 valence electrons. The predicted molar refractivity (Wildman–Crippen MR) is 86.1 cm³/mol. The molecule has 0 bridgehead atoms. The first kappa shape index (κ1) is 17.2. The summed E-state index contributed by atoms with van der Waals surface area (Å²) in [5.74, 6) is 0.915. The Morgan fingerprint density at radius 1 is 1.38 bits per heavy atom. The molecule has 0 radical (unpaired) electrons. The summed E-state index contributed by atoms with van der Waals surface area (Å²) in [7, 11) is 1.81. The molecule has 1 aromatic rings. The van der Waals surface area contributed by atoms with E-state index in [1.165, 1.54) is 0 Å². The lowest BCUT2D eigenvalue weighted by Gasteiger charge is -2.21. The highest BCUT2D eigenvalue weighted by molar-refractivity contribution is 5.75. The SMILES string of the molecule is C=CCOc1ccc(CN(C)C(=O)CCC(C)(C)N)cc1. The Morgan fingerprint density at radius 2 is 2.00 bits per heavy atom. The summed E-state index contributed by atoms with van der Waals surface area (Å²) in [4.78, 5) is 13.8. The fraction of sp³-hybridized carbons (Fsp3) is 0.471. The molecule has 1 amide bonds. The number of ether oxygens (including phenoxy) is 1. The quantitative estimate of drug-likeness (QED) is 0.749. The summed E-state index contributed by atoms with van der Waals surface area (Å²) in [6, 6.07) is 7.74. The number of carbonyl (C=O) groups excluding carboxylic acids is 1. The van der Waals surface area contributed by atoms with Gasteiger partial charge < -0.3 is 15.4 Å². The van der Waals surface area contributed by atoms with Gasteiger partial charge in [-0.25, -0.2) is 0 Å². The molecule has 0 fully saturated rings. The molecule has 0 aliphatic rings. The third-order valence-corrected chi connectivity index (χ3v) is 3.12. The van der Waals surface area contributed by atoms with Crippen molar-refractivity contribution in [3.8, 4) is 5.75 Å². The first-order valence-corrected chi connectivity index (χ1v) is 7.17.